The van der Waals surface area contributed by atoms with Crippen LogP contribution in [-0.2, 0) is 6.42 Å². The summed E-state index contributed by atoms with van der Waals surface area (Å²) in [6.45, 7) is 3.05. The maximum absolute atomic E-state index is 11.9. The van der Waals surface area contributed by atoms with Crippen molar-refractivity contribution in [3.05, 3.63) is 60.2 Å². The van der Waals surface area contributed by atoms with Gasteiger partial charge in [-0.3, -0.25) is 5.21 Å². The molecule has 0 aliphatic carbocycles. The van der Waals surface area contributed by atoms with Crippen molar-refractivity contribution >= 4 is 11.7 Å². The quantitative estimate of drug-likeness (QED) is 0.353. The van der Waals surface area contributed by atoms with Gasteiger partial charge in [-0.1, -0.05) is 50.1 Å². The number of nitrogens with zero attached hydrogens (tertiary/aromatic N) is 1. The van der Waals surface area contributed by atoms with Gasteiger partial charge in [-0.05, 0) is 49.1 Å². The van der Waals surface area contributed by atoms with Crippen LogP contribution in [0.15, 0.2) is 54.6 Å². The number of carbonyl (C=O) groups excluding carboxylic acids is 1. The fourth-order valence-electron chi connectivity index (χ4n) is 2.55. The minimum Gasteiger partial charge on any atom is -0.494 e. The standard InChI is InChI=1S/C21H28N2O3/c1-2-3-7-16-23(25)21(24)22-19-12-14-20(15-13-19)26-17-8-11-18-9-5-4-6-10-18/h4-6,9-10,12-15,25H,2-3,7-8,11,16-17H2,1H3,(H,22,24). The summed E-state index contributed by atoms with van der Waals surface area (Å²) < 4.78 is 5.73. The summed E-state index contributed by atoms with van der Waals surface area (Å²) >= 11 is 0. The van der Waals surface area contributed by atoms with Crippen LogP contribution in [0, 0.1) is 0 Å². The molecule has 0 heterocycles. The SMILES string of the molecule is CCCCCN(O)C(=O)Nc1ccc(OCCCc2ccccc2)cc1. The Morgan fingerprint density at radius 3 is 2.46 bits per heavy atom. The van der Waals surface area contributed by atoms with E-state index in [-0.39, 0.29) is 0 Å². The van der Waals surface area contributed by atoms with Gasteiger partial charge in [0.25, 0.3) is 0 Å². The third-order valence-corrected chi connectivity index (χ3v) is 4.03. The van der Waals surface area contributed by atoms with Crippen molar-refractivity contribution in [2.24, 2.45) is 0 Å². The van der Waals surface area contributed by atoms with Crippen LogP contribution in [0.3, 0.4) is 0 Å². The summed E-state index contributed by atoms with van der Waals surface area (Å²) in [6.07, 6.45) is 4.75. The molecule has 0 saturated carbocycles. The lowest BCUT2D eigenvalue weighted by molar-refractivity contribution is -0.0381. The van der Waals surface area contributed by atoms with E-state index in [4.69, 9.17) is 4.74 Å². The number of hydrogen-bond acceptors (Lipinski definition) is 3. The van der Waals surface area contributed by atoms with Gasteiger partial charge in [0.2, 0.25) is 0 Å². The lowest BCUT2D eigenvalue weighted by Gasteiger charge is -2.15. The van der Waals surface area contributed by atoms with Crippen LogP contribution < -0.4 is 10.1 Å². The number of hydrogen-bond donors (Lipinski definition) is 2. The van der Waals surface area contributed by atoms with Crippen molar-refractivity contribution in [1.29, 1.82) is 0 Å². The molecule has 0 aromatic heterocycles. The summed E-state index contributed by atoms with van der Waals surface area (Å²) in [5.41, 5.74) is 1.93. The van der Waals surface area contributed by atoms with Gasteiger partial charge < -0.3 is 10.1 Å². The zero-order valence-corrected chi connectivity index (χ0v) is 15.4. The molecule has 140 valence electrons. The Bertz CT molecular complexity index is 644. The van der Waals surface area contributed by atoms with E-state index in [1.54, 1.807) is 12.1 Å². The maximum atomic E-state index is 11.9. The van der Waals surface area contributed by atoms with E-state index in [1.807, 2.05) is 30.3 Å². The first-order valence-electron chi connectivity index (χ1n) is 9.23. The highest BCUT2D eigenvalue weighted by Gasteiger charge is 2.10. The predicted molar refractivity (Wildman–Crippen MR) is 104 cm³/mol. The molecular weight excluding hydrogens is 328 g/mol. The van der Waals surface area contributed by atoms with Gasteiger partial charge in [0.1, 0.15) is 5.75 Å². The largest absolute Gasteiger partial charge is 0.494 e. The summed E-state index contributed by atoms with van der Waals surface area (Å²) in [5.74, 6) is 0.764. The van der Waals surface area contributed by atoms with E-state index < -0.39 is 6.03 Å². The average Bonchev–Trinajstić information content (AvgIpc) is 2.67. The Kier molecular flexibility index (Phi) is 8.49. The first-order chi connectivity index (χ1) is 12.7. The molecule has 0 radical (unpaired) electrons. The molecule has 2 aromatic rings. The molecule has 0 spiro atoms. The molecule has 2 amide bonds. The third-order valence-electron chi connectivity index (χ3n) is 4.03. The Hall–Kier alpha value is -2.53. The molecular formula is C21H28N2O3. The summed E-state index contributed by atoms with van der Waals surface area (Å²) in [4.78, 5) is 11.9. The topological polar surface area (TPSA) is 61.8 Å². The Balaban J connectivity index is 1.69. The molecule has 2 rings (SSSR count). The first-order valence-corrected chi connectivity index (χ1v) is 9.23. The highest BCUT2D eigenvalue weighted by Crippen LogP contribution is 2.16. The van der Waals surface area contributed by atoms with Gasteiger partial charge in [0.15, 0.2) is 0 Å². The minimum atomic E-state index is -0.516. The Morgan fingerprint density at radius 1 is 1.04 bits per heavy atom. The van der Waals surface area contributed by atoms with Gasteiger partial charge >= 0.3 is 6.03 Å². The summed E-state index contributed by atoms with van der Waals surface area (Å²) in [7, 11) is 0. The number of anilines is 1. The predicted octanol–water partition coefficient (Wildman–Crippen LogP) is 5.11. The van der Waals surface area contributed by atoms with Gasteiger partial charge in [0, 0.05) is 5.69 Å². The lowest BCUT2D eigenvalue weighted by atomic mass is 10.1. The van der Waals surface area contributed by atoms with Crippen molar-refractivity contribution in [1.82, 2.24) is 5.06 Å². The van der Waals surface area contributed by atoms with Crippen LogP contribution in [0.25, 0.3) is 0 Å². The number of benzene rings is 2. The van der Waals surface area contributed by atoms with Gasteiger partial charge in [-0.25, -0.2) is 9.86 Å². The molecule has 26 heavy (non-hydrogen) atoms. The molecule has 0 fully saturated rings. The highest BCUT2D eigenvalue weighted by molar-refractivity contribution is 5.88. The number of aryl methyl sites for hydroxylation is 1. The van der Waals surface area contributed by atoms with Crippen molar-refractivity contribution in [3.63, 3.8) is 0 Å². The van der Waals surface area contributed by atoms with E-state index in [1.165, 1.54) is 5.56 Å². The van der Waals surface area contributed by atoms with E-state index >= 15 is 0 Å². The number of carbonyl (C=O) groups is 1. The normalized spacial score (nSPS) is 10.4. The van der Waals surface area contributed by atoms with Gasteiger partial charge in [-0.15, -0.1) is 0 Å². The Labute approximate surface area is 155 Å². The average molecular weight is 356 g/mol. The molecule has 0 saturated heterocycles. The van der Waals surface area contributed by atoms with Gasteiger partial charge in [0.05, 0.1) is 13.2 Å². The van der Waals surface area contributed by atoms with Gasteiger partial charge in [-0.2, -0.15) is 0 Å². The molecule has 5 heteroatoms. The second-order valence-electron chi connectivity index (χ2n) is 6.22. The molecule has 0 aliphatic rings. The number of hydroxylamine groups is 2. The number of unbranched alkanes of at least 4 members (excludes halogenated alkanes) is 2. The van der Waals surface area contributed by atoms with Crippen LogP contribution in [-0.4, -0.2) is 29.5 Å². The van der Waals surface area contributed by atoms with Crippen LogP contribution in [0.5, 0.6) is 5.75 Å². The molecule has 0 unspecified atom stereocenters. The molecule has 5 nitrogen and oxygen atoms in total. The molecule has 0 bridgehead atoms. The summed E-state index contributed by atoms with van der Waals surface area (Å²) in [6, 6.07) is 17.0. The van der Waals surface area contributed by atoms with E-state index in [0.29, 0.717) is 18.8 Å². The van der Waals surface area contributed by atoms with Crippen LogP contribution in [0.1, 0.15) is 38.2 Å². The smallest absolute Gasteiger partial charge is 0.345 e. The van der Waals surface area contributed by atoms with Crippen LogP contribution in [0.4, 0.5) is 10.5 Å². The molecule has 0 aliphatic heterocycles. The number of ether oxygens (including phenoxy) is 1. The number of nitrogens with one attached hydrogen (secondary N) is 1. The Morgan fingerprint density at radius 2 is 1.77 bits per heavy atom. The zero-order chi connectivity index (χ0) is 18.6. The highest BCUT2D eigenvalue weighted by atomic mass is 16.5. The fraction of sp³-hybridized carbons (Fsp3) is 0.381. The van der Waals surface area contributed by atoms with E-state index in [9.17, 15) is 10.0 Å². The van der Waals surface area contributed by atoms with E-state index in [2.05, 4.69) is 24.4 Å². The van der Waals surface area contributed by atoms with Crippen LogP contribution >= 0.6 is 0 Å². The van der Waals surface area contributed by atoms with Crippen molar-refractivity contribution in [2.75, 3.05) is 18.5 Å². The zero-order valence-electron chi connectivity index (χ0n) is 15.4. The number of rotatable bonds is 10. The maximum Gasteiger partial charge on any atom is 0.345 e. The molecule has 2 N–H and O–H groups in total. The van der Waals surface area contributed by atoms with Crippen LogP contribution in [0.2, 0.25) is 0 Å². The second-order valence-corrected chi connectivity index (χ2v) is 6.22. The first kappa shape index (κ1) is 19.8. The van der Waals surface area contributed by atoms with Crippen molar-refractivity contribution < 1.29 is 14.7 Å². The molecule has 0 atom stereocenters. The number of amides is 2. The van der Waals surface area contributed by atoms with Crippen molar-refractivity contribution in [2.45, 2.75) is 39.0 Å². The minimum absolute atomic E-state index is 0.336. The summed E-state index contributed by atoms with van der Waals surface area (Å²) in [5, 5.41) is 13.1. The third kappa shape index (κ3) is 7.15. The van der Waals surface area contributed by atoms with E-state index in [0.717, 1.165) is 42.9 Å². The monoisotopic (exact) mass is 356 g/mol. The number of urea groups is 1. The lowest BCUT2D eigenvalue weighted by Crippen LogP contribution is -2.32. The van der Waals surface area contributed by atoms with Crippen molar-refractivity contribution in [3.8, 4) is 5.75 Å². The second kappa shape index (κ2) is 11.2. The molecule has 2 aromatic carbocycles. The fourth-order valence-corrected chi connectivity index (χ4v) is 2.55.